The number of fused-ring (bicyclic) bond motifs is 1. The summed E-state index contributed by atoms with van der Waals surface area (Å²) in [6.07, 6.45) is 3.72. The predicted octanol–water partition coefficient (Wildman–Crippen LogP) is 1.51. The van der Waals surface area contributed by atoms with E-state index in [9.17, 15) is 0 Å². The van der Waals surface area contributed by atoms with Crippen molar-refractivity contribution >= 4 is 11.0 Å². The van der Waals surface area contributed by atoms with Crippen LogP contribution in [0.5, 0.6) is 0 Å². The van der Waals surface area contributed by atoms with Crippen LogP contribution in [0.1, 0.15) is 13.1 Å². The van der Waals surface area contributed by atoms with E-state index in [-0.39, 0.29) is 6.17 Å². The van der Waals surface area contributed by atoms with E-state index in [0.29, 0.717) is 0 Å². The Morgan fingerprint density at radius 3 is 3.08 bits per heavy atom. The van der Waals surface area contributed by atoms with Crippen LogP contribution in [0.4, 0.5) is 0 Å². The van der Waals surface area contributed by atoms with Gasteiger partial charge in [0, 0.05) is 17.8 Å². The number of aromatic nitrogens is 2. The molecule has 0 aliphatic rings. The minimum atomic E-state index is -0.0163. The van der Waals surface area contributed by atoms with E-state index in [1.165, 1.54) is 0 Å². The Kier molecular flexibility index (Phi) is 1.59. The summed E-state index contributed by atoms with van der Waals surface area (Å²) in [5.74, 6) is 0. The van der Waals surface area contributed by atoms with Crippen LogP contribution < -0.4 is 5.73 Å². The van der Waals surface area contributed by atoms with E-state index >= 15 is 0 Å². The Hall–Kier alpha value is -1.35. The van der Waals surface area contributed by atoms with Gasteiger partial charge in [-0.05, 0) is 25.1 Å². The fourth-order valence-corrected chi connectivity index (χ4v) is 1.32. The minimum absolute atomic E-state index is 0.0163. The van der Waals surface area contributed by atoms with Crippen molar-refractivity contribution < 1.29 is 0 Å². The number of nitrogens with zero attached hydrogens (tertiary/aromatic N) is 2. The van der Waals surface area contributed by atoms with Crippen LogP contribution >= 0.6 is 0 Å². The summed E-state index contributed by atoms with van der Waals surface area (Å²) in [7, 11) is 0. The van der Waals surface area contributed by atoms with Crippen molar-refractivity contribution in [3.8, 4) is 0 Å². The maximum absolute atomic E-state index is 5.75. The first kappa shape index (κ1) is 7.31. The third-order valence-electron chi connectivity index (χ3n) is 1.91. The van der Waals surface area contributed by atoms with E-state index < -0.39 is 0 Å². The molecule has 1 atom stereocenters. The van der Waals surface area contributed by atoms with Gasteiger partial charge in [0.2, 0.25) is 0 Å². The Morgan fingerprint density at radius 2 is 2.33 bits per heavy atom. The first-order valence-corrected chi connectivity index (χ1v) is 3.96. The molecule has 0 bridgehead atoms. The minimum Gasteiger partial charge on any atom is -0.317 e. The second-order valence-corrected chi connectivity index (χ2v) is 2.88. The highest BCUT2D eigenvalue weighted by Gasteiger charge is 2.02. The summed E-state index contributed by atoms with van der Waals surface area (Å²) in [4.78, 5) is 4.25. The van der Waals surface area contributed by atoms with Gasteiger partial charge >= 0.3 is 0 Å². The summed E-state index contributed by atoms with van der Waals surface area (Å²) >= 11 is 0. The molecule has 62 valence electrons. The van der Waals surface area contributed by atoms with Gasteiger partial charge in [-0.25, -0.2) is 4.98 Å². The van der Waals surface area contributed by atoms with Gasteiger partial charge in [0.15, 0.2) is 0 Å². The summed E-state index contributed by atoms with van der Waals surface area (Å²) in [6.45, 7) is 1.94. The van der Waals surface area contributed by atoms with Crippen LogP contribution in [0.2, 0.25) is 0 Å². The third-order valence-corrected chi connectivity index (χ3v) is 1.91. The second kappa shape index (κ2) is 2.60. The molecule has 2 aromatic heterocycles. The second-order valence-electron chi connectivity index (χ2n) is 2.88. The van der Waals surface area contributed by atoms with Gasteiger partial charge in [-0.15, -0.1) is 0 Å². The summed E-state index contributed by atoms with van der Waals surface area (Å²) in [5.41, 5.74) is 6.70. The summed E-state index contributed by atoms with van der Waals surface area (Å²) < 4.78 is 1.95. The first-order valence-electron chi connectivity index (χ1n) is 3.96. The highest BCUT2D eigenvalue weighted by Crippen LogP contribution is 2.14. The SMILES string of the molecule is CC(N)n1ccc2cccnc21. The molecule has 3 heteroatoms. The lowest BCUT2D eigenvalue weighted by molar-refractivity contribution is 0.588. The van der Waals surface area contributed by atoms with Crippen LogP contribution in [-0.2, 0) is 0 Å². The number of nitrogens with two attached hydrogens (primary N) is 1. The van der Waals surface area contributed by atoms with Crippen LogP contribution in [0, 0.1) is 0 Å². The molecular formula is C9H11N3. The van der Waals surface area contributed by atoms with Gasteiger partial charge in [-0.3, -0.25) is 0 Å². The molecular weight excluding hydrogens is 150 g/mol. The van der Waals surface area contributed by atoms with Crippen molar-refractivity contribution in [2.75, 3.05) is 0 Å². The summed E-state index contributed by atoms with van der Waals surface area (Å²) in [6, 6.07) is 5.97. The lowest BCUT2D eigenvalue weighted by Gasteiger charge is -2.07. The molecule has 0 saturated carbocycles. The van der Waals surface area contributed by atoms with Crippen LogP contribution in [0.25, 0.3) is 11.0 Å². The smallest absolute Gasteiger partial charge is 0.141 e. The lowest BCUT2D eigenvalue weighted by atomic mass is 10.3. The maximum Gasteiger partial charge on any atom is 0.141 e. The molecule has 2 heterocycles. The highest BCUT2D eigenvalue weighted by molar-refractivity contribution is 5.75. The number of pyridine rings is 1. The molecule has 2 aromatic rings. The van der Waals surface area contributed by atoms with Gasteiger partial charge < -0.3 is 10.3 Å². The molecule has 0 amide bonds. The van der Waals surface area contributed by atoms with E-state index in [1.54, 1.807) is 6.20 Å². The zero-order chi connectivity index (χ0) is 8.55. The Morgan fingerprint density at radius 1 is 1.50 bits per heavy atom. The fourth-order valence-electron chi connectivity index (χ4n) is 1.32. The number of hydrogen-bond donors (Lipinski definition) is 1. The Bertz CT molecular complexity index is 389. The van der Waals surface area contributed by atoms with Crippen molar-refractivity contribution in [2.45, 2.75) is 13.1 Å². The van der Waals surface area contributed by atoms with Gasteiger partial charge in [-0.1, -0.05) is 0 Å². The Labute approximate surface area is 70.8 Å². The topological polar surface area (TPSA) is 43.8 Å². The average molecular weight is 161 g/mol. The quantitative estimate of drug-likeness (QED) is 0.689. The zero-order valence-corrected chi connectivity index (χ0v) is 6.94. The molecule has 2 rings (SSSR count). The highest BCUT2D eigenvalue weighted by atomic mass is 15.1. The number of rotatable bonds is 1. The maximum atomic E-state index is 5.75. The average Bonchev–Trinajstić information content (AvgIpc) is 2.47. The molecule has 2 N–H and O–H groups in total. The largest absolute Gasteiger partial charge is 0.317 e. The number of hydrogen-bond acceptors (Lipinski definition) is 2. The zero-order valence-electron chi connectivity index (χ0n) is 6.94. The van der Waals surface area contributed by atoms with Gasteiger partial charge in [0.05, 0.1) is 6.17 Å². The van der Waals surface area contributed by atoms with Crippen molar-refractivity contribution in [3.63, 3.8) is 0 Å². The van der Waals surface area contributed by atoms with Crippen LogP contribution in [0.3, 0.4) is 0 Å². The van der Waals surface area contributed by atoms with Crippen molar-refractivity contribution in [1.29, 1.82) is 0 Å². The molecule has 0 saturated heterocycles. The molecule has 1 unspecified atom stereocenters. The van der Waals surface area contributed by atoms with E-state index in [1.807, 2.05) is 35.9 Å². The van der Waals surface area contributed by atoms with Crippen molar-refractivity contribution in [3.05, 3.63) is 30.6 Å². The van der Waals surface area contributed by atoms with Gasteiger partial charge in [0.25, 0.3) is 0 Å². The molecule has 0 aromatic carbocycles. The molecule has 0 aliphatic carbocycles. The molecule has 0 spiro atoms. The van der Waals surface area contributed by atoms with E-state index in [2.05, 4.69) is 4.98 Å². The van der Waals surface area contributed by atoms with Gasteiger partial charge in [0.1, 0.15) is 5.65 Å². The predicted molar refractivity (Wildman–Crippen MR) is 48.6 cm³/mol. The molecule has 0 aliphatic heterocycles. The van der Waals surface area contributed by atoms with Gasteiger partial charge in [-0.2, -0.15) is 0 Å². The van der Waals surface area contributed by atoms with E-state index in [0.717, 1.165) is 11.0 Å². The molecule has 0 radical (unpaired) electrons. The summed E-state index contributed by atoms with van der Waals surface area (Å²) in [5, 5.41) is 1.13. The van der Waals surface area contributed by atoms with Crippen LogP contribution in [-0.4, -0.2) is 9.55 Å². The van der Waals surface area contributed by atoms with Crippen molar-refractivity contribution in [2.24, 2.45) is 5.73 Å². The lowest BCUT2D eigenvalue weighted by Crippen LogP contribution is -2.13. The molecule has 3 nitrogen and oxygen atoms in total. The fraction of sp³-hybridized carbons (Fsp3) is 0.222. The molecule has 0 fully saturated rings. The monoisotopic (exact) mass is 161 g/mol. The standard InChI is InChI=1S/C9H11N3/c1-7(10)12-6-4-8-3-2-5-11-9(8)12/h2-7H,10H2,1H3. The normalized spacial score (nSPS) is 13.5. The van der Waals surface area contributed by atoms with Crippen LogP contribution in [0.15, 0.2) is 30.6 Å². The third kappa shape index (κ3) is 0.987. The molecule has 12 heavy (non-hydrogen) atoms. The Balaban J connectivity index is 2.70. The van der Waals surface area contributed by atoms with E-state index in [4.69, 9.17) is 5.73 Å². The van der Waals surface area contributed by atoms with Crippen molar-refractivity contribution in [1.82, 2.24) is 9.55 Å². The first-order chi connectivity index (χ1) is 5.79.